The highest BCUT2D eigenvalue weighted by Crippen LogP contribution is 2.26. The Balaban J connectivity index is 1.71. The van der Waals surface area contributed by atoms with E-state index in [9.17, 15) is 0 Å². The molecule has 1 saturated heterocycles. The SMILES string of the molecule is BrC1CCOCC1CCCc1ccccc1. The summed E-state index contributed by atoms with van der Waals surface area (Å²) in [6.07, 6.45) is 4.89. The molecule has 1 heterocycles. The van der Waals surface area contributed by atoms with Gasteiger partial charge in [-0.2, -0.15) is 0 Å². The van der Waals surface area contributed by atoms with Crippen LogP contribution in [-0.2, 0) is 11.2 Å². The van der Waals surface area contributed by atoms with Gasteiger partial charge in [-0.15, -0.1) is 0 Å². The summed E-state index contributed by atoms with van der Waals surface area (Å²) in [4.78, 5) is 0.664. The van der Waals surface area contributed by atoms with Crippen LogP contribution in [0.3, 0.4) is 0 Å². The van der Waals surface area contributed by atoms with Crippen molar-refractivity contribution in [2.24, 2.45) is 5.92 Å². The van der Waals surface area contributed by atoms with Crippen LogP contribution in [-0.4, -0.2) is 18.0 Å². The van der Waals surface area contributed by atoms with Gasteiger partial charge in [0.05, 0.1) is 6.61 Å². The smallest absolute Gasteiger partial charge is 0.0504 e. The van der Waals surface area contributed by atoms with Crippen molar-refractivity contribution < 1.29 is 4.74 Å². The number of benzene rings is 1. The van der Waals surface area contributed by atoms with Crippen molar-refractivity contribution in [3.8, 4) is 0 Å². The molecule has 1 fully saturated rings. The van der Waals surface area contributed by atoms with Crippen molar-refractivity contribution in [1.82, 2.24) is 0 Å². The number of rotatable bonds is 4. The molecule has 1 aromatic carbocycles. The first kappa shape index (κ1) is 12.1. The summed E-state index contributed by atoms with van der Waals surface area (Å²) in [6.45, 7) is 1.86. The molecule has 0 aromatic heterocycles. The van der Waals surface area contributed by atoms with Crippen LogP contribution in [0.4, 0.5) is 0 Å². The maximum absolute atomic E-state index is 5.53. The van der Waals surface area contributed by atoms with Crippen LogP contribution in [0.2, 0.25) is 0 Å². The first-order valence-electron chi connectivity index (χ1n) is 6.12. The molecule has 0 aliphatic carbocycles. The molecule has 1 aliphatic rings. The van der Waals surface area contributed by atoms with Gasteiger partial charge in [0.25, 0.3) is 0 Å². The lowest BCUT2D eigenvalue weighted by atomic mass is 9.94. The summed E-state index contributed by atoms with van der Waals surface area (Å²) < 4.78 is 5.53. The zero-order valence-electron chi connectivity index (χ0n) is 9.57. The summed E-state index contributed by atoms with van der Waals surface area (Å²) in [5, 5.41) is 0. The van der Waals surface area contributed by atoms with Crippen molar-refractivity contribution >= 4 is 15.9 Å². The second-order valence-corrected chi connectivity index (χ2v) is 5.69. The fourth-order valence-electron chi connectivity index (χ4n) is 2.25. The van der Waals surface area contributed by atoms with E-state index < -0.39 is 0 Å². The van der Waals surface area contributed by atoms with Crippen LogP contribution < -0.4 is 0 Å². The van der Waals surface area contributed by atoms with E-state index in [2.05, 4.69) is 46.3 Å². The maximum atomic E-state index is 5.53. The largest absolute Gasteiger partial charge is 0.381 e. The molecule has 1 aliphatic heterocycles. The Morgan fingerprint density at radius 1 is 1.25 bits per heavy atom. The fraction of sp³-hybridized carbons (Fsp3) is 0.571. The molecule has 88 valence electrons. The van der Waals surface area contributed by atoms with E-state index in [0.29, 0.717) is 10.7 Å². The minimum atomic E-state index is 0.664. The van der Waals surface area contributed by atoms with Crippen molar-refractivity contribution in [3.05, 3.63) is 35.9 Å². The monoisotopic (exact) mass is 282 g/mol. The predicted octanol–water partition coefficient (Wildman–Crippen LogP) is 3.81. The first-order valence-corrected chi connectivity index (χ1v) is 7.03. The Bertz CT molecular complexity index is 299. The molecule has 0 radical (unpaired) electrons. The average molecular weight is 283 g/mol. The standard InChI is InChI=1S/C14H19BrO/c15-14-9-10-16-11-13(14)8-4-7-12-5-2-1-3-6-12/h1-3,5-6,13-14H,4,7-11H2. The molecule has 0 bridgehead atoms. The second-order valence-electron chi connectivity index (χ2n) is 4.52. The van der Waals surface area contributed by atoms with E-state index in [4.69, 9.17) is 4.74 Å². The summed E-state index contributed by atoms with van der Waals surface area (Å²) >= 11 is 3.76. The number of ether oxygens (including phenoxy) is 1. The molecule has 1 nitrogen and oxygen atoms in total. The third-order valence-corrected chi connectivity index (χ3v) is 4.47. The van der Waals surface area contributed by atoms with Gasteiger partial charge in [-0.1, -0.05) is 46.3 Å². The highest BCUT2D eigenvalue weighted by atomic mass is 79.9. The molecule has 0 N–H and O–H groups in total. The van der Waals surface area contributed by atoms with E-state index in [1.807, 2.05) is 0 Å². The number of hydrogen-bond donors (Lipinski definition) is 0. The number of aryl methyl sites for hydroxylation is 1. The Kier molecular flexibility index (Phi) is 4.86. The van der Waals surface area contributed by atoms with Gasteiger partial charge in [0.2, 0.25) is 0 Å². The summed E-state index contributed by atoms with van der Waals surface area (Å²) in [7, 11) is 0. The lowest BCUT2D eigenvalue weighted by Gasteiger charge is -2.27. The molecular weight excluding hydrogens is 264 g/mol. The molecule has 0 amide bonds. The molecule has 0 saturated carbocycles. The number of hydrogen-bond acceptors (Lipinski definition) is 1. The number of halogens is 1. The van der Waals surface area contributed by atoms with Crippen LogP contribution in [0, 0.1) is 5.92 Å². The topological polar surface area (TPSA) is 9.23 Å². The zero-order valence-corrected chi connectivity index (χ0v) is 11.2. The summed E-state index contributed by atoms with van der Waals surface area (Å²) in [5.74, 6) is 0.706. The van der Waals surface area contributed by atoms with Gasteiger partial charge < -0.3 is 4.74 Å². The molecule has 2 rings (SSSR count). The molecule has 1 aromatic rings. The fourth-order valence-corrected chi connectivity index (χ4v) is 2.85. The zero-order chi connectivity index (χ0) is 11.2. The lowest BCUT2D eigenvalue weighted by molar-refractivity contribution is 0.0566. The second kappa shape index (κ2) is 6.41. The van der Waals surface area contributed by atoms with Crippen molar-refractivity contribution in [2.75, 3.05) is 13.2 Å². The molecule has 2 atom stereocenters. The van der Waals surface area contributed by atoms with Crippen LogP contribution in [0.25, 0.3) is 0 Å². The minimum Gasteiger partial charge on any atom is -0.381 e. The van der Waals surface area contributed by atoms with Crippen molar-refractivity contribution in [3.63, 3.8) is 0 Å². The Labute approximate surface area is 106 Å². The van der Waals surface area contributed by atoms with E-state index >= 15 is 0 Å². The van der Waals surface area contributed by atoms with Gasteiger partial charge in [0, 0.05) is 11.4 Å². The first-order chi connectivity index (χ1) is 7.86. The van der Waals surface area contributed by atoms with Gasteiger partial charge in [-0.05, 0) is 37.2 Å². The lowest BCUT2D eigenvalue weighted by Crippen LogP contribution is -2.27. The van der Waals surface area contributed by atoms with E-state index in [0.717, 1.165) is 19.6 Å². The van der Waals surface area contributed by atoms with E-state index in [1.165, 1.54) is 24.8 Å². The Morgan fingerprint density at radius 3 is 2.81 bits per heavy atom. The molecule has 2 unspecified atom stereocenters. The third-order valence-electron chi connectivity index (χ3n) is 3.26. The molecule has 2 heteroatoms. The average Bonchev–Trinajstić information content (AvgIpc) is 2.33. The Morgan fingerprint density at radius 2 is 2.06 bits per heavy atom. The maximum Gasteiger partial charge on any atom is 0.0504 e. The van der Waals surface area contributed by atoms with Crippen molar-refractivity contribution in [2.45, 2.75) is 30.5 Å². The normalized spacial score (nSPS) is 25.6. The predicted molar refractivity (Wildman–Crippen MR) is 71.0 cm³/mol. The van der Waals surface area contributed by atoms with Gasteiger partial charge >= 0.3 is 0 Å². The highest BCUT2D eigenvalue weighted by Gasteiger charge is 2.22. The van der Waals surface area contributed by atoms with E-state index in [-0.39, 0.29) is 0 Å². The molecule has 16 heavy (non-hydrogen) atoms. The van der Waals surface area contributed by atoms with Crippen LogP contribution in [0.1, 0.15) is 24.8 Å². The highest BCUT2D eigenvalue weighted by molar-refractivity contribution is 9.09. The minimum absolute atomic E-state index is 0.664. The van der Waals surface area contributed by atoms with Crippen molar-refractivity contribution in [1.29, 1.82) is 0 Å². The summed E-state index contributed by atoms with van der Waals surface area (Å²) in [6, 6.07) is 10.7. The molecule has 0 spiro atoms. The third kappa shape index (κ3) is 3.60. The van der Waals surface area contributed by atoms with Crippen LogP contribution >= 0.6 is 15.9 Å². The van der Waals surface area contributed by atoms with Gasteiger partial charge in [0.15, 0.2) is 0 Å². The van der Waals surface area contributed by atoms with Crippen LogP contribution in [0.15, 0.2) is 30.3 Å². The van der Waals surface area contributed by atoms with Gasteiger partial charge in [-0.3, -0.25) is 0 Å². The van der Waals surface area contributed by atoms with E-state index in [1.54, 1.807) is 0 Å². The Hall–Kier alpha value is -0.340. The molecular formula is C14H19BrO. The number of alkyl halides is 1. The quantitative estimate of drug-likeness (QED) is 0.763. The van der Waals surface area contributed by atoms with Gasteiger partial charge in [0.1, 0.15) is 0 Å². The van der Waals surface area contributed by atoms with Crippen LogP contribution in [0.5, 0.6) is 0 Å². The summed E-state index contributed by atoms with van der Waals surface area (Å²) in [5.41, 5.74) is 1.45. The van der Waals surface area contributed by atoms with Gasteiger partial charge in [-0.25, -0.2) is 0 Å².